The van der Waals surface area contributed by atoms with Crippen molar-refractivity contribution in [1.82, 2.24) is 4.90 Å². The van der Waals surface area contributed by atoms with Crippen molar-refractivity contribution in [2.24, 2.45) is 0 Å². The summed E-state index contributed by atoms with van der Waals surface area (Å²) in [6, 6.07) is 9.68. The van der Waals surface area contributed by atoms with Gasteiger partial charge in [0.2, 0.25) is 5.91 Å². The molecule has 0 N–H and O–H groups in total. The minimum absolute atomic E-state index is 0.221. The third-order valence-electron chi connectivity index (χ3n) is 2.65. The minimum atomic E-state index is -0.511. The van der Waals surface area contributed by atoms with Crippen LogP contribution in [0, 0.1) is 0 Å². The molecule has 1 aromatic rings. The van der Waals surface area contributed by atoms with Crippen molar-refractivity contribution < 1.29 is 14.3 Å². The van der Waals surface area contributed by atoms with E-state index in [2.05, 4.69) is 4.74 Å². The molecule has 4 nitrogen and oxygen atoms in total. The molecule has 19 heavy (non-hydrogen) atoms. The number of methoxy groups -OCH3 is 1. The smallest absolute Gasteiger partial charge is 0.315 e. The second-order valence-corrected chi connectivity index (χ2v) is 4.08. The molecule has 0 saturated heterocycles. The van der Waals surface area contributed by atoms with Crippen LogP contribution in [0.2, 0.25) is 0 Å². The van der Waals surface area contributed by atoms with Crippen molar-refractivity contribution in [2.75, 3.05) is 13.7 Å². The maximum absolute atomic E-state index is 12.0. The third kappa shape index (κ3) is 5.38. The molecule has 0 aliphatic heterocycles. The van der Waals surface area contributed by atoms with Crippen LogP contribution in [-0.2, 0) is 20.9 Å². The number of carbonyl (C=O) groups is 2. The Morgan fingerprint density at radius 2 is 1.95 bits per heavy atom. The highest BCUT2D eigenvalue weighted by Gasteiger charge is 2.16. The SMILES string of the molecule is C/C=C\CN(Cc1ccccc1)C(=O)CC(=O)OC. The molecule has 1 amide bonds. The molecular weight excluding hydrogens is 242 g/mol. The van der Waals surface area contributed by atoms with Crippen LogP contribution in [0.3, 0.4) is 0 Å². The minimum Gasteiger partial charge on any atom is -0.469 e. The van der Waals surface area contributed by atoms with Crippen molar-refractivity contribution in [3.8, 4) is 0 Å². The molecule has 0 saturated carbocycles. The summed E-state index contributed by atoms with van der Waals surface area (Å²) < 4.78 is 4.52. The number of esters is 1. The molecule has 0 unspecified atom stereocenters. The van der Waals surface area contributed by atoms with Crippen LogP contribution in [-0.4, -0.2) is 30.4 Å². The highest BCUT2D eigenvalue weighted by molar-refractivity contribution is 5.94. The van der Waals surface area contributed by atoms with Crippen LogP contribution < -0.4 is 0 Å². The number of allylic oxidation sites excluding steroid dienone is 1. The van der Waals surface area contributed by atoms with Gasteiger partial charge < -0.3 is 9.64 Å². The fraction of sp³-hybridized carbons (Fsp3) is 0.333. The van der Waals surface area contributed by atoms with Crippen molar-refractivity contribution in [3.05, 3.63) is 48.0 Å². The first-order valence-corrected chi connectivity index (χ1v) is 6.17. The van der Waals surface area contributed by atoms with Gasteiger partial charge in [0.1, 0.15) is 6.42 Å². The maximum Gasteiger partial charge on any atom is 0.315 e. The number of nitrogens with zero attached hydrogens (tertiary/aromatic N) is 1. The van der Waals surface area contributed by atoms with Crippen LogP contribution in [0.5, 0.6) is 0 Å². The average Bonchev–Trinajstić information content (AvgIpc) is 2.44. The van der Waals surface area contributed by atoms with E-state index in [1.807, 2.05) is 49.4 Å². The van der Waals surface area contributed by atoms with Gasteiger partial charge in [0.25, 0.3) is 0 Å². The molecule has 1 rings (SSSR count). The van der Waals surface area contributed by atoms with Crippen LogP contribution >= 0.6 is 0 Å². The van der Waals surface area contributed by atoms with Crippen LogP contribution in [0.15, 0.2) is 42.5 Å². The zero-order valence-corrected chi connectivity index (χ0v) is 11.3. The Hall–Kier alpha value is -2.10. The van der Waals surface area contributed by atoms with Crippen molar-refractivity contribution in [1.29, 1.82) is 0 Å². The van der Waals surface area contributed by atoms with Gasteiger partial charge in [-0.2, -0.15) is 0 Å². The van der Waals surface area contributed by atoms with E-state index in [-0.39, 0.29) is 12.3 Å². The number of amides is 1. The van der Waals surface area contributed by atoms with Crippen molar-refractivity contribution in [3.63, 3.8) is 0 Å². The number of benzene rings is 1. The summed E-state index contributed by atoms with van der Waals surface area (Å²) in [6.45, 7) is 2.87. The molecule has 0 aliphatic carbocycles. The molecule has 0 aliphatic rings. The van der Waals surface area contributed by atoms with Gasteiger partial charge in [0.05, 0.1) is 7.11 Å². The Bertz CT molecular complexity index is 440. The van der Waals surface area contributed by atoms with Gasteiger partial charge in [-0.25, -0.2) is 0 Å². The van der Waals surface area contributed by atoms with E-state index >= 15 is 0 Å². The summed E-state index contributed by atoms with van der Waals surface area (Å²) in [5, 5.41) is 0. The van der Waals surface area contributed by atoms with E-state index in [1.165, 1.54) is 7.11 Å². The zero-order chi connectivity index (χ0) is 14.1. The molecule has 102 valence electrons. The van der Waals surface area contributed by atoms with Gasteiger partial charge >= 0.3 is 5.97 Å². The van der Waals surface area contributed by atoms with Gasteiger partial charge in [-0.15, -0.1) is 0 Å². The highest BCUT2D eigenvalue weighted by atomic mass is 16.5. The van der Waals surface area contributed by atoms with E-state index in [0.717, 1.165) is 5.56 Å². The first-order valence-electron chi connectivity index (χ1n) is 6.17. The van der Waals surface area contributed by atoms with E-state index in [0.29, 0.717) is 13.1 Å². The van der Waals surface area contributed by atoms with E-state index in [1.54, 1.807) is 4.90 Å². The Morgan fingerprint density at radius 3 is 2.53 bits per heavy atom. The molecule has 1 aromatic carbocycles. The maximum atomic E-state index is 12.0. The Labute approximate surface area is 113 Å². The third-order valence-corrected chi connectivity index (χ3v) is 2.65. The van der Waals surface area contributed by atoms with E-state index < -0.39 is 5.97 Å². The largest absolute Gasteiger partial charge is 0.469 e. The van der Waals surface area contributed by atoms with Gasteiger partial charge in [0, 0.05) is 13.1 Å². The summed E-state index contributed by atoms with van der Waals surface area (Å²) in [4.78, 5) is 24.8. The second kappa shape index (κ2) is 8.08. The molecule has 0 heterocycles. The van der Waals surface area contributed by atoms with Crippen LogP contribution in [0.4, 0.5) is 0 Å². The monoisotopic (exact) mass is 261 g/mol. The fourth-order valence-corrected chi connectivity index (χ4v) is 1.60. The molecule has 0 radical (unpaired) electrons. The predicted octanol–water partition coefficient (Wildman–Crippen LogP) is 2.15. The lowest BCUT2D eigenvalue weighted by Crippen LogP contribution is -2.32. The summed E-state index contributed by atoms with van der Waals surface area (Å²) in [5.74, 6) is -0.739. The standard InChI is InChI=1S/C15H19NO3/c1-3-4-10-16(14(17)11-15(18)19-2)12-13-8-6-5-7-9-13/h3-9H,10-12H2,1-2H3/b4-3-. The summed E-state index contributed by atoms with van der Waals surface area (Å²) >= 11 is 0. The molecule has 0 fully saturated rings. The number of carbonyl (C=O) groups excluding carboxylic acids is 2. The van der Waals surface area contributed by atoms with Gasteiger partial charge in [-0.3, -0.25) is 9.59 Å². The first kappa shape index (κ1) is 15.0. The molecule has 0 spiro atoms. The van der Waals surface area contributed by atoms with E-state index in [9.17, 15) is 9.59 Å². The lowest BCUT2D eigenvalue weighted by atomic mass is 10.2. The normalized spacial score (nSPS) is 10.4. The lowest BCUT2D eigenvalue weighted by molar-refractivity contribution is -0.146. The Kier molecular flexibility index (Phi) is 6.36. The first-order chi connectivity index (χ1) is 9.17. The second-order valence-electron chi connectivity index (χ2n) is 4.08. The van der Waals surface area contributed by atoms with Gasteiger partial charge in [-0.1, -0.05) is 42.5 Å². The number of rotatable bonds is 6. The average molecular weight is 261 g/mol. The Morgan fingerprint density at radius 1 is 1.26 bits per heavy atom. The molecule has 0 aromatic heterocycles. The van der Waals surface area contributed by atoms with Crippen molar-refractivity contribution in [2.45, 2.75) is 19.9 Å². The molecular formula is C15H19NO3. The zero-order valence-electron chi connectivity index (χ0n) is 11.3. The highest BCUT2D eigenvalue weighted by Crippen LogP contribution is 2.06. The van der Waals surface area contributed by atoms with Crippen molar-refractivity contribution >= 4 is 11.9 Å². The van der Waals surface area contributed by atoms with E-state index in [4.69, 9.17) is 0 Å². The van der Waals surface area contributed by atoms with Gasteiger partial charge in [0.15, 0.2) is 0 Å². The number of ether oxygens (including phenoxy) is 1. The molecule has 0 bridgehead atoms. The number of hydrogen-bond donors (Lipinski definition) is 0. The van der Waals surface area contributed by atoms with Crippen LogP contribution in [0.25, 0.3) is 0 Å². The number of hydrogen-bond acceptors (Lipinski definition) is 3. The molecule has 0 atom stereocenters. The summed E-state index contributed by atoms with van der Waals surface area (Å²) in [5.41, 5.74) is 1.03. The quantitative estimate of drug-likeness (QED) is 0.448. The summed E-state index contributed by atoms with van der Waals surface area (Å²) in [7, 11) is 1.28. The summed E-state index contributed by atoms with van der Waals surface area (Å²) in [6.07, 6.45) is 3.54. The van der Waals surface area contributed by atoms with Gasteiger partial charge in [-0.05, 0) is 12.5 Å². The Balaban J connectivity index is 2.71. The lowest BCUT2D eigenvalue weighted by Gasteiger charge is -2.20. The van der Waals surface area contributed by atoms with Crippen LogP contribution in [0.1, 0.15) is 18.9 Å². The fourth-order valence-electron chi connectivity index (χ4n) is 1.60. The topological polar surface area (TPSA) is 46.6 Å². The predicted molar refractivity (Wildman–Crippen MR) is 73.3 cm³/mol. The molecule has 4 heteroatoms.